The van der Waals surface area contributed by atoms with Crippen LogP contribution in [0.1, 0.15) is 582 Å². The Morgan fingerprint density at radius 2 is 0.179 bits per heavy atom. The molecule has 0 aliphatic rings. The van der Waals surface area contributed by atoms with Crippen molar-refractivity contribution in [3.05, 3.63) is 0 Å². The van der Waals surface area contributed by atoms with Gasteiger partial charge >= 0.3 is 53.7 Å². The molecule has 0 rings (SSSR count). The lowest BCUT2D eigenvalue weighted by molar-refractivity contribution is -0.138. The smallest absolute Gasteiger partial charge is 0.303 e. The van der Waals surface area contributed by atoms with Gasteiger partial charge in [0.15, 0.2) is 0 Å². The average molecular weight is 1680 g/mol. The summed E-state index contributed by atoms with van der Waals surface area (Å²) in [5.41, 5.74) is 0. The highest BCUT2D eigenvalue weighted by molar-refractivity contribution is 5.68. The van der Waals surface area contributed by atoms with Crippen molar-refractivity contribution in [3.63, 3.8) is 0 Å². The molecule has 117 heavy (non-hydrogen) atoms. The molecule has 9 N–H and O–H groups in total. The van der Waals surface area contributed by atoms with Crippen LogP contribution in [0.25, 0.3) is 0 Å². The summed E-state index contributed by atoms with van der Waals surface area (Å²) in [4.78, 5) is 90.5. The first-order valence-electron chi connectivity index (χ1n) is 49.4. The second-order valence-electron chi connectivity index (χ2n) is 32.5. The molecule has 0 unspecified atom stereocenters. The predicted octanol–water partition coefficient (Wildman–Crippen LogP) is 32.4. The molecule has 0 amide bonds. The number of rotatable bonds is 81. The summed E-state index contributed by atoms with van der Waals surface area (Å²) in [6.07, 6.45) is 93.3. The van der Waals surface area contributed by atoms with E-state index in [-0.39, 0.29) is 6.42 Å². The Labute approximate surface area is 721 Å². The summed E-state index contributed by atoms with van der Waals surface area (Å²) in [6, 6.07) is 0. The van der Waals surface area contributed by atoms with E-state index >= 15 is 0 Å². The Bertz CT molecular complexity index is 1950. The normalized spacial score (nSPS) is 10.2. The van der Waals surface area contributed by atoms with Gasteiger partial charge in [-0.3, -0.25) is 43.2 Å². The molecule has 0 aliphatic heterocycles. The van der Waals surface area contributed by atoms with E-state index < -0.39 is 53.7 Å². The Morgan fingerprint density at radius 3 is 0.248 bits per heavy atom. The number of unbranched alkanes of at least 4 members (excludes halogenated alkanes) is 64. The van der Waals surface area contributed by atoms with Crippen LogP contribution >= 0.6 is 0 Å². The lowest BCUT2D eigenvalue weighted by atomic mass is 10.0. The number of carboxylic acids is 9. The lowest BCUT2D eigenvalue weighted by Crippen LogP contribution is -1.93. The van der Waals surface area contributed by atoms with Crippen molar-refractivity contribution in [1.82, 2.24) is 0 Å². The first-order valence-corrected chi connectivity index (χ1v) is 49.4. The molecule has 0 radical (unpaired) electrons. The van der Waals surface area contributed by atoms with Crippen LogP contribution in [0.5, 0.6) is 0 Å². The molecule has 0 aliphatic carbocycles. The second-order valence-corrected chi connectivity index (χ2v) is 32.5. The zero-order valence-corrected chi connectivity index (χ0v) is 78.5. The lowest BCUT2D eigenvalue weighted by Gasteiger charge is -2.03. The summed E-state index contributed by atoms with van der Waals surface area (Å²) < 4.78 is 0. The third-order valence-electron chi connectivity index (χ3n) is 20.3. The number of hydrogen-bond donors (Lipinski definition) is 9. The first kappa shape index (κ1) is 130. The van der Waals surface area contributed by atoms with Crippen LogP contribution in [0.3, 0.4) is 0 Å². The average Bonchev–Trinajstić information content (AvgIpc) is 1.32. The standard InChI is InChI=1S/C19H38O2.C17H34O2.C15H30O2.C13H26O2.C11H22O2.C9H18O2.C7H14O2.C5H10O2.C3H6O2/c1-2-3-4-5-6-7-8-9-10-11-12-13-14-15-16-17-18-19(20)21;1-2-3-4-5-6-7-8-9-10-11-12-13-14-15-16-17(18)19;1-2-3-4-5-6-7-8-9-10-11-12-13-14-15(16)17;1-2-3-4-5-6-7-8-9-10-11-12-13(14)15;1-2-3-4-5-6-7-8-9-10-11(12)13;1-2-3-4-5-6-7-8-9(10)11;1-2-3-4-5-6-7(8)9;1-2-3-4-5(6)7;1-2-3(4)5/h2-18H2,1H3,(H,20,21);2-16H2,1H3,(H,18,19);2-14H2,1H3,(H,16,17);2-12H2,1H3,(H,14,15);2-10H2,1H3,(H,12,13);2-8H2,1H3,(H,10,11);2-6H2,1H3,(H,8,9);2-4H2,1H3,(H,6,7);2H2,1H3,(H,4,5). The van der Waals surface area contributed by atoms with Crippen LogP contribution in [0.15, 0.2) is 0 Å². The van der Waals surface area contributed by atoms with Crippen molar-refractivity contribution in [3.8, 4) is 0 Å². The van der Waals surface area contributed by atoms with Crippen molar-refractivity contribution < 1.29 is 89.1 Å². The molecule has 0 aromatic heterocycles. The molecule has 702 valence electrons. The van der Waals surface area contributed by atoms with Gasteiger partial charge in [0.05, 0.1) is 0 Å². The van der Waals surface area contributed by atoms with Gasteiger partial charge in [0.2, 0.25) is 0 Å². The number of carbonyl (C=O) groups is 9. The predicted molar refractivity (Wildman–Crippen MR) is 494 cm³/mol. The minimum atomic E-state index is -0.745. The maximum atomic E-state index is 10.3. The molecule has 0 bridgehead atoms. The third kappa shape index (κ3) is 183. The highest BCUT2D eigenvalue weighted by atomic mass is 16.4. The largest absolute Gasteiger partial charge is 0.481 e. The van der Waals surface area contributed by atoms with Crippen LogP contribution in [0, 0.1) is 0 Å². The summed E-state index contributed by atoms with van der Waals surface area (Å²) in [6.45, 7) is 19.1. The van der Waals surface area contributed by atoms with Crippen LogP contribution in [0.4, 0.5) is 0 Å². The highest BCUT2D eigenvalue weighted by Crippen LogP contribution is 2.19. The van der Waals surface area contributed by atoms with Gasteiger partial charge in [-0.25, -0.2) is 0 Å². The maximum Gasteiger partial charge on any atom is 0.303 e. The van der Waals surface area contributed by atoms with Crippen LogP contribution in [-0.4, -0.2) is 99.7 Å². The number of hydrogen-bond acceptors (Lipinski definition) is 9. The van der Waals surface area contributed by atoms with E-state index in [1.807, 2.05) is 6.92 Å². The van der Waals surface area contributed by atoms with Crippen molar-refractivity contribution in [2.45, 2.75) is 582 Å². The molecule has 0 heterocycles. The fourth-order valence-electron chi connectivity index (χ4n) is 12.7. The molecule has 18 nitrogen and oxygen atoms in total. The Morgan fingerprint density at radius 1 is 0.111 bits per heavy atom. The highest BCUT2D eigenvalue weighted by Gasteiger charge is 2.04. The van der Waals surface area contributed by atoms with Crippen molar-refractivity contribution in [2.24, 2.45) is 0 Å². The van der Waals surface area contributed by atoms with Gasteiger partial charge in [-0.1, -0.05) is 473 Å². The van der Waals surface area contributed by atoms with E-state index in [1.54, 1.807) is 6.92 Å². The molecule has 0 saturated heterocycles. The summed E-state index contributed by atoms with van der Waals surface area (Å²) in [7, 11) is 0. The van der Waals surface area contributed by atoms with Crippen molar-refractivity contribution >= 4 is 53.7 Å². The summed E-state index contributed by atoms with van der Waals surface area (Å²) in [5, 5.41) is 74.6. The fourth-order valence-corrected chi connectivity index (χ4v) is 12.7. The van der Waals surface area contributed by atoms with Crippen molar-refractivity contribution in [2.75, 3.05) is 0 Å². The Kier molecular flexibility index (Phi) is 141. The fraction of sp³-hybridized carbons (Fsp3) is 0.909. The summed E-state index contributed by atoms with van der Waals surface area (Å²) in [5.74, 6) is -6.06. The minimum absolute atomic E-state index is 0.222. The Balaban J connectivity index is -0.000000164. The van der Waals surface area contributed by atoms with Gasteiger partial charge in [-0.05, 0) is 51.4 Å². The van der Waals surface area contributed by atoms with Gasteiger partial charge in [-0.15, -0.1) is 0 Å². The maximum absolute atomic E-state index is 10.3. The van der Waals surface area contributed by atoms with Crippen LogP contribution in [0.2, 0.25) is 0 Å². The number of carboxylic acid groups (broad SMARTS) is 9. The minimum Gasteiger partial charge on any atom is -0.481 e. The van der Waals surface area contributed by atoms with Crippen LogP contribution in [-0.2, 0) is 43.2 Å². The van der Waals surface area contributed by atoms with Gasteiger partial charge in [0.1, 0.15) is 0 Å². The second kappa shape index (κ2) is 127. The zero-order valence-electron chi connectivity index (χ0n) is 78.5. The molecule has 0 spiro atoms. The van der Waals surface area contributed by atoms with E-state index in [0.29, 0.717) is 51.4 Å². The van der Waals surface area contributed by atoms with E-state index in [1.165, 1.54) is 353 Å². The quantitative estimate of drug-likeness (QED) is 0.0255. The molecule has 18 heteroatoms. The molecule has 0 aromatic rings. The summed E-state index contributed by atoms with van der Waals surface area (Å²) >= 11 is 0. The van der Waals surface area contributed by atoms with Gasteiger partial charge in [-0.2, -0.15) is 0 Å². The monoisotopic (exact) mass is 1680 g/mol. The molecule has 0 fully saturated rings. The van der Waals surface area contributed by atoms with Crippen molar-refractivity contribution in [1.29, 1.82) is 0 Å². The van der Waals surface area contributed by atoms with E-state index in [4.69, 9.17) is 46.0 Å². The Hall–Kier alpha value is -4.77. The van der Waals surface area contributed by atoms with E-state index in [9.17, 15) is 43.2 Å². The third-order valence-corrected chi connectivity index (χ3v) is 20.3. The molecule has 0 atom stereocenters. The molecule has 0 saturated carbocycles. The molecular formula is C99H198O18. The van der Waals surface area contributed by atoms with Crippen LogP contribution < -0.4 is 0 Å². The zero-order chi connectivity index (χ0) is 89.5. The van der Waals surface area contributed by atoms with E-state index in [2.05, 4.69) is 48.5 Å². The SMILES string of the molecule is CCC(=O)O.CCCCC(=O)O.CCCCCCC(=O)O.CCCCCCCCC(=O)O.CCCCCCCCCCC(=O)O.CCCCCCCCCCCCC(=O)O.CCCCCCCCCCCCCCC(=O)O.CCCCCCCCCCCCCCCCC(=O)O.CCCCCCCCCCCCCCCCCCC(=O)O. The molecular weight excluding hydrogens is 1480 g/mol. The first-order chi connectivity index (χ1) is 56.4. The topological polar surface area (TPSA) is 336 Å². The van der Waals surface area contributed by atoms with Gasteiger partial charge < -0.3 is 46.0 Å². The van der Waals surface area contributed by atoms with Gasteiger partial charge in [0.25, 0.3) is 0 Å². The van der Waals surface area contributed by atoms with Gasteiger partial charge in [0, 0.05) is 57.8 Å². The van der Waals surface area contributed by atoms with E-state index in [0.717, 1.165) is 109 Å². The molecule has 0 aromatic carbocycles. The number of aliphatic carboxylic acids is 9.